The maximum Gasteiger partial charge on any atom is 0.426 e. The van der Waals surface area contributed by atoms with Crippen LogP contribution in [-0.2, 0) is 4.79 Å². The lowest BCUT2D eigenvalue weighted by molar-refractivity contribution is -0.211. The first kappa shape index (κ1) is 11.2. The Hall–Kier alpha value is -0.840. The fourth-order valence-electron chi connectivity index (χ4n) is 0.972. The van der Waals surface area contributed by atoms with E-state index < -0.39 is 23.5 Å². The first-order valence-electron chi connectivity index (χ1n) is 3.61. The second kappa shape index (κ2) is 3.38. The molecule has 0 N–H and O–H groups in total. The molecule has 1 aliphatic rings. The molecule has 0 aromatic rings. The highest BCUT2D eigenvalue weighted by molar-refractivity contribution is 6.68. The molecule has 1 unspecified atom stereocenters. The van der Waals surface area contributed by atoms with E-state index in [0.29, 0.717) is 6.08 Å². The number of hydrogen-bond acceptors (Lipinski definition) is 1. The summed E-state index contributed by atoms with van der Waals surface area (Å²) >= 11 is 5.00. The van der Waals surface area contributed by atoms with E-state index in [2.05, 4.69) is 0 Å². The van der Waals surface area contributed by atoms with Crippen LogP contribution >= 0.6 is 11.6 Å². The van der Waals surface area contributed by atoms with Crippen molar-refractivity contribution in [1.82, 2.24) is 0 Å². The molecule has 0 saturated heterocycles. The Labute approximate surface area is 82.0 Å². The standard InChI is InChI=1S/C8H5ClF4O/c9-6(14)5-1-3-7(10,4-2-5)8(11,12)13/h1-3H,4H2. The normalized spacial score (nSPS) is 27.4. The van der Waals surface area contributed by atoms with Gasteiger partial charge in [0.2, 0.25) is 5.67 Å². The van der Waals surface area contributed by atoms with Crippen LogP contribution in [0.3, 0.4) is 0 Å². The first-order valence-corrected chi connectivity index (χ1v) is 3.99. The average Bonchev–Trinajstić information content (AvgIpc) is 2.03. The number of alkyl halides is 4. The number of allylic oxidation sites excluding steroid dienone is 4. The van der Waals surface area contributed by atoms with Gasteiger partial charge >= 0.3 is 6.18 Å². The summed E-state index contributed by atoms with van der Waals surface area (Å²) in [7, 11) is 0. The molecule has 1 rings (SSSR count). The third kappa shape index (κ3) is 1.97. The quantitative estimate of drug-likeness (QED) is 0.498. The molecule has 78 valence electrons. The van der Waals surface area contributed by atoms with Crippen molar-refractivity contribution in [3.05, 3.63) is 23.8 Å². The van der Waals surface area contributed by atoms with Gasteiger partial charge < -0.3 is 0 Å². The molecule has 0 fully saturated rings. The molecular formula is C8H5ClF4O. The van der Waals surface area contributed by atoms with E-state index in [-0.39, 0.29) is 5.57 Å². The molecule has 0 amide bonds. The van der Waals surface area contributed by atoms with Gasteiger partial charge in [0.15, 0.2) is 0 Å². The van der Waals surface area contributed by atoms with Gasteiger partial charge in [0.25, 0.3) is 5.24 Å². The van der Waals surface area contributed by atoms with Crippen molar-refractivity contribution >= 4 is 16.8 Å². The van der Waals surface area contributed by atoms with Gasteiger partial charge in [0, 0.05) is 12.0 Å². The van der Waals surface area contributed by atoms with Gasteiger partial charge in [0.1, 0.15) is 0 Å². The molecule has 1 atom stereocenters. The fraction of sp³-hybridized carbons (Fsp3) is 0.375. The Balaban J connectivity index is 2.88. The van der Waals surface area contributed by atoms with Gasteiger partial charge in [-0.05, 0) is 17.7 Å². The first-order chi connectivity index (χ1) is 6.26. The van der Waals surface area contributed by atoms with Crippen molar-refractivity contribution in [3.63, 3.8) is 0 Å². The largest absolute Gasteiger partial charge is 0.426 e. The topological polar surface area (TPSA) is 17.1 Å². The Morgan fingerprint density at radius 2 is 2.07 bits per heavy atom. The van der Waals surface area contributed by atoms with Crippen molar-refractivity contribution in [3.8, 4) is 0 Å². The zero-order chi connectivity index (χ0) is 11.0. The number of halogens is 5. The molecule has 14 heavy (non-hydrogen) atoms. The number of rotatable bonds is 1. The summed E-state index contributed by atoms with van der Waals surface area (Å²) < 4.78 is 49.3. The Morgan fingerprint density at radius 3 is 2.36 bits per heavy atom. The second-order valence-corrected chi connectivity index (χ2v) is 3.17. The molecule has 0 spiro atoms. The monoisotopic (exact) mass is 228 g/mol. The van der Waals surface area contributed by atoms with Crippen LogP contribution in [0.5, 0.6) is 0 Å². The zero-order valence-corrected chi connectivity index (χ0v) is 7.49. The predicted octanol–water partition coefficient (Wildman–Crippen LogP) is 2.91. The lowest BCUT2D eigenvalue weighted by Crippen LogP contribution is -2.39. The van der Waals surface area contributed by atoms with Crippen LogP contribution in [0.1, 0.15) is 6.42 Å². The van der Waals surface area contributed by atoms with Crippen LogP contribution in [0.15, 0.2) is 23.8 Å². The summed E-state index contributed by atoms with van der Waals surface area (Å²) in [6.07, 6.45) is -4.00. The van der Waals surface area contributed by atoms with E-state index in [9.17, 15) is 22.4 Å². The van der Waals surface area contributed by atoms with Gasteiger partial charge in [-0.2, -0.15) is 13.2 Å². The van der Waals surface area contributed by atoms with Gasteiger partial charge in [0.05, 0.1) is 0 Å². The Bertz CT molecular complexity index is 318. The average molecular weight is 229 g/mol. The highest BCUT2D eigenvalue weighted by Gasteiger charge is 2.54. The fourth-order valence-corrected chi connectivity index (χ4v) is 1.11. The maximum atomic E-state index is 13.1. The van der Waals surface area contributed by atoms with E-state index in [1.54, 1.807) is 0 Å². The van der Waals surface area contributed by atoms with Crippen LogP contribution in [0, 0.1) is 0 Å². The third-order valence-electron chi connectivity index (χ3n) is 1.84. The van der Waals surface area contributed by atoms with Crippen LogP contribution in [0.25, 0.3) is 0 Å². The molecule has 0 heterocycles. The number of hydrogen-bond donors (Lipinski definition) is 0. The van der Waals surface area contributed by atoms with Crippen molar-refractivity contribution in [2.24, 2.45) is 0 Å². The molecule has 0 radical (unpaired) electrons. The molecule has 6 heteroatoms. The molecule has 0 aromatic carbocycles. The number of carbonyl (C=O) groups is 1. The molecule has 1 aliphatic carbocycles. The van der Waals surface area contributed by atoms with Gasteiger partial charge in [-0.15, -0.1) is 0 Å². The molecular weight excluding hydrogens is 224 g/mol. The molecule has 0 bridgehead atoms. The summed E-state index contributed by atoms with van der Waals surface area (Å²) in [4.78, 5) is 10.5. The molecule has 0 saturated carbocycles. The van der Waals surface area contributed by atoms with Crippen LogP contribution in [0.2, 0.25) is 0 Å². The van der Waals surface area contributed by atoms with E-state index in [4.69, 9.17) is 11.6 Å². The minimum Gasteiger partial charge on any atom is -0.276 e. The third-order valence-corrected chi connectivity index (χ3v) is 2.06. The van der Waals surface area contributed by atoms with E-state index in [0.717, 1.165) is 12.2 Å². The van der Waals surface area contributed by atoms with E-state index in [1.165, 1.54) is 0 Å². The molecule has 0 aliphatic heterocycles. The van der Waals surface area contributed by atoms with Crippen molar-refractivity contribution in [1.29, 1.82) is 0 Å². The highest BCUT2D eigenvalue weighted by Crippen LogP contribution is 2.40. The van der Waals surface area contributed by atoms with E-state index >= 15 is 0 Å². The van der Waals surface area contributed by atoms with E-state index in [1.807, 2.05) is 0 Å². The number of carbonyl (C=O) groups excluding carboxylic acids is 1. The molecule has 1 nitrogen and oxygen atoms in total. The molecule has 0 aromatic heterocycles. The van der Waals surface area contributed by atoms with Gasteiger partial charge in [-0.3, -0.25) is 4.79 Å². The maximum absolute atomic E-state index is 13.1. The minimum absolute atomic E-state index is 0.121. The summed E-state index contributed by atoms with van der Waals surface area (Å²) in [6.45, 7) is 0. The lowest BCUT2D eigenvalue weighted by atomic mass is 9.93. The summed E-state index contributed by atoms with van der Waals surface area (Å²) in [5.41, 5.74) is -3.51. The van der Waals surface area contributed by atoms with Crippen molar-refractivity contribution < 1.29 is 22.4 Å². The Morgan fingerprint density at radius 1 is 1.50 bits per heavy atom. The van der Waals surface area contributed by atoms with Crippen LogP contribution < -0.4 is 0 Å². The van der Waals surface area contributed by atoms with Crippen molar-refractivity contribution in [2.75, 3.05) is 0 Å². The summed E-state index contributed by atoms with van der Waals surface area (Å²) in [5.74, 6) is 0. The SMILES string of the molecule is O=C(Cl)C1=CCC(F)(C(F)(F)F)C=C1. The minimum atomic E-state index is -4.97. The summed E-state index contributed by atoms with van der Waals surface area (Å²) in [5, 5.41) is -0.898. The Kier molecular flexibility index (Phi) is 2.71. The smallest absolute Gasteiger partial charge is 0.276 e. The zero-order valence-electron chi connectivity index (χ0n) is 6.74. The highest BCUT2D eigenvalue weighted by atomic mass is 35.5. The van der Waals surface area contributed by atoms with Crippen LogP contribution in [-0.4, -0.2) is 17.1 Å². The van der Waals surface area contributed by atoms with Crippen molar-refractivity contribution in [2.45, 2.75) is 18.3 Å². The van der Waals surface area contributed by atoms with Crippen LogP contribution in [0.4, 0.5) is 17.6 Å². The predicted molar refractivity (Wildman–Crippen MR) is 42.6 cm³/mol. The van der Waals surface area contributed by atoms with Gasteiger partial charge in [-0.1, -0.05) is 12.2 Å². The summed E-state index contributed by atoms with van der Waals surface area (Å²) in [6, 6.07) is 0. The van der Waals surface area contributed by atoms with Gasteiger partial charge in [-0.25, -0.2) is 4.39 Å². The second-order valence-electron chi connectivity index (χ2n) is 2.83. The lowest BCUT2D eigenvalue weighted by Gasteiger charge is -2.25.